The summed E-state index contributed by atoms with van der Waals surface area (Å²) < 4.78 is 0. The van der Waals surface area contributed by atoms with Crippen LogP contribution in [0.5, 0.6) is 0 Å². The standard InChI is InChI=1S/C10H12N2O3/c1-5(10(14)15)9-11-7(6-2-3-6)4-8(13)12-9/h4-6H,2-3H2,1H3,(H,14,15)(H,11,12,13). The molecule has 80 valence electrons. The molecule has 0 bridgehead atoms. The Morgan fingerprint density at radius 3 is 2.87 bits per heavy atom. The molecular weight excluding hydrogens is 196 g/mol. The number of H-pyrrole nitrogens is 1. The second kappa shape index (κ2) is 3.49. The summed E-state index contributed by atoms with van der Waals surface area (Å²) in [5, 5.41) is 8.81. The SMILES string of the molecule is CC(C(=O)O)c1nc(C2CC2)cc(=O)[nH]1. The molecule has 1 unspecified atom stereocenters. The molecule has 0 spiro atoms. The molecule has 0 amide bonds. The van der Waals surface area contributed by atoms with Gasteiger partial charge in [0, 0.05) is 12.0 Å². The van der Waals surface area contributed by atoms with E-state index in [4.69, 9.17) is 5.11 Å². The van der Waals surface area contributed by atoms with Gasteiger partial charge in [0.25, 0.3) is 5.56 Å². The maximum atomic E-state index is 11.3. The summed E-state index contributed by atoms with van der Waals surface area (Å²) >= 11 is 0. The molecule has 0 aromatic carbocycles. The molecule has 1 fully saturated rings. The van der Waals surface area contributed by atoms with Gasteiger partial charge >= 0.3 is 5.97 Å². The van der Waals surface area contributed by atoms with E-state index in [0.29, 0.717) is 5.92 Å². The summed E-state index contributed by atoms with van der Waals surface area (Å²) in [6.07, 6.45) is 2.08. The average Bonchev–Trinajstić information content (AvgIpc) is 2.98. The van der Waals surface area contributed by atoms with Crippen molar-refractivity contribution in [1.82, 2.24) is 9.97 Å². The van der Waals surface area contributed by atoms with Crippen LogP contribution in [-0.4, -0.2) is 21.0 Å². The average molecular weight is 208 g/mol. The van der Waals surface area contributed by atoms with Crippen LogP contribution in [0.2, 0.25) is 0 Å². The largest absolute Gasteiger partial charge is 0.481 e. The Hall–Kier alpha value is -1.65. The van der Waals surface area contributed by atoms with Crippen molar-refractivity contribution in [3.05, 3.63) is 27.9 Å². The lowest BCUT2D eigenvalue weighted by atomic mass is 10.1. The lowest BCUT2D eigenvalue weighted by Crippen LogP contribution is -2.18. The minimum atomic E-state index is -0.980. The molecule has 0 radical (unpaired) electrons. The molecule has 1 aliphatic rings. The Labute approximate surface area is 86.2 Å². The van der Waals surface area contributed by atoms with Gasteiger partial charge in [-0.05, 0) is 19.8 Å². The van der Waals surface area contributed by atoms with Gasteiger partial charge in [-0.3, -0.25) is 9.59 Å². The number of hydrogen-bond acceptors (Lipinski definition) is 3. The minimum Gasteiger partial charge on any atom is -0.481 e. The summed E-state index contributed by atoms with van der Waals surface area (Å²) in [6.45, 7) is 1.51. The van der Waals surface area contributed by atoms with Crippen LogP contribution in [0.3, 0.4) is 0 Å². The molecule has 1 aromatic rings. The number of rotatable bonds is 3. The molecule has 5 nitrogen and oxygen atoms in total. The summed E-state index contributed by atoms with van der Waals surface area (Å²) in [7, 11) is 0. The fourth-order valence-corrected chi connectivity index (χ4v) is 1.41. The number of carboxylic acid groups (broad SMARTS) is 1. The lowest BCUT2D eigenvalue weighted by molar-refractivity contribution is -0.138. The van der Waals surface area contributed by atoms with E-state index in [1.807, 2.05) is 0 Å². The highest BCUT2D eigenvalue weighted by atomic mass is 16.4. The highest BCUT2D eigenvalue weighted by Crippen LogP contribution is 2.38. The predicted molar refractivity (Wildman–Crippen MR) is 52.9 cm³/mol. The van der Waals surface area contributed by atoms with Gasteiger partial charge in [-0.15, -0.1) is 0 Å². The Balaban J connectivity index is 2.38. The molecule has 1 atom stereocenters. The van der Waals surface area contributed by atoms with Crippen LogP contribution in [0.1, 0.15) is 43.1 Å². The van der Waals surface area contributed by atoms with Gasteiger partial charge in [-0.1, -0.05) is 0 Å². The Morgan fingerprint density at radius 1 is 1.67 bits per heavy atom. The number of nitrogens with one attached hydrogen (secondary N) is 1. The first kappa shape index (κ1) is 9.89. The van der Waals surface area contributed by atoms with Gasteiger partial charge in [-0.25, -0.2) is 4.98 Å². The van der Waals surface area contributed by atoms with Crippen LogP contribution in [-0.2, 0) is 4.79 Å². The summed E-state index contributed by atoms with van der Waals surface area (Å²) in [6, 6.07) is 1.45. The van der Waals surface area contributed by atoms with E-state index >= 15 is 0 Å². The number of aromatic amines is 1. The van der Waals surface area contributed by atoms with Crippen LogP contribution in [0, 0.1) is 0 Å². The van der Waals surface area contributed by atoms with Gasteiger partial charge < -0.3 is 10.1 Å². The van der Waals surface area contributed by atoms with E-state index in [9.17, 15) is 9.59 Å². The molecule has 0 saturated heterocycles. The van der Waals surface area contributed by atoms with Gasteiger partial charge in [0.2, 0.25) is 0 Å². The zero-order valence-electron chi connectivity index (χ0n) is 8.36. The third-order valence-corrected chi connectivity index (χ3v) is 2.56. The minimum absolute atomic E-state index is 0.247. The number of nitrogens with zero attached hydrogens (tertiary/aromatic N) is 1. The topological polar surface area (TPSA) is 83.0 Å². The first-order chi connectivity index (χ1) is 7.08. The van der Waals surface area contributed by atoms with Crippen molar-refractivity contribution in [1.29, 1.82) is 0 Å². The van der Waals surface area contributed by atoms with E-state index in [0.717, 1.165) is 18.5 Å². The van der Waals surface area contributed by atoms with Crippen molar-refractivity contribution < 1.29 is 9.90 Å². The first-order valence-electron chi connectivity index (χ1n) is 4.92. The molecule has 5 heteroatoms. The van der Waals surface area contributed by atoms with E-state index in [1.54, 1.807) is 0 Å². The van der Waals surface area contributed by atoms with Gasteiger partial charge in [0.05, 0.1) is 5.69 Å². The third-order valence-electron chi connectivity index (χ3n) is 2.56. The molecule has 1 aromatic heterocycles. The van der Waals surface area contributed by atoms with Crippen molar-refractivity contribution in [2.75, 3.05) is 0 Å². The fourth-order valence-electron chi connectivity index (χ4n) is 1.41. The van der Waals surface area contributed by atoms with Crippen LogP contribution in [0.4, 0.5) is 0 Å². The zero-order valence-corrected chi connectivity index (χ0v) is 8.36. The molecule has 1 saturated carbocycles. The van der Waals surface area contributed by atoms with Crippen molar-refractivity contribution in [2.45, 2.75) is 31.6 Å². The second-order valence-corrected chi connectivity index (χ2v) is 3.89. The fraction of sp³-hybridized carbons (Fsp3) is 0.500. The van der Waals surface area contributed by atoms with E-state index in [1.165, 1.54) is 13.0 Å². The summed E-state index contributed by atoms with van der Waals surface area (Å²) in [4.78, 5) is 28.7. The monoisotopic (exact) mass is 208 g/mol. The number of hydrogen-bond donors (Lipinski definition) is 2. The second-order valence-electron chi connectivity index (χ2n) is 3.89. The van der Waals surface area contributed by atoms with Crippen molar-refractivity contribution in [3.63, 3.8) is 0 Å². The molecule has 0 aliphatic heterocycles. The van der Waals surface area contributed by atoms with E-state index in [2.05, 4.69) is 9.97 Å². The zero-order chi connectivity index (χ0) is 11.0. The van der Waals surface area contributed by atoms with Crippen molar-refractivity contribution in [3.8, 4) is 0 Å². The smallest absolute Gasteiger partial charge is 0.313 e. The number of carboxylic acids is 1. The van der Waals surface area contributed by atoms with Crippen LogP contribution in [0.15, 0.2) is 10.9 Å². The quantitative estimate of drug-likeness (QED) is 0.770. The Morgan fingerprint density at radius 2 is 2.33 bits per heavy atom. The summed E-state index contributed by atoms with van der Waals surface area (Å²) in [5.41, 5.74) is 0.455. The first-order valence-corrected chi connectivity index (χ1v) is 4.92. The van der Waals surface area contributed by atoms with Gasteiger partial charge in [0.15, 0.2) is 0 Å². The molecule has 1 heterocycles. The lowest BCUT2D eigenvalue weighted by Gasteiger charge is -2.06. The van der Waals surface area contributed by atoms with Gasteiger partial charge in [0.1, 0.15) is 11.7 Å². The molecule has 15 heavy (non-hydrogen) atoms. The third kappa shape index (κ3) is 2.06. The molecule has 2 rings (SSSR count). The molecule has 1 aliphatic carbocycles. The van der Waals surface area contributed by atoms with Crippen LogP contribution >= 0.6 is 0 Å². The Kier molecular flexibility index (Phi) is 2.30. The number of aromatic nitrogens is 2. The number of carbonyl (C=O) groups is 1. The maximum absolute atomic E-state index is 11.3. The predicted octanol–water partition coefficient (Wildman–Crippen LogP) is 0.835. The highest BCUT2D eigenvalue weighted by Gasteiger charge is 2.27. The van der Waals surface area contributed by atoms with Crippen molar-refractivity contribution >= 4 is 5.97 Å². The number of aliphatic carboxylic acids is 1. The maximum Gasteiger partial charge on any atom is 0.313 e. The van der Waals surface area contributed by atoms with E-state index in [-0.39, 0.29) is 11.4 Å². The highest BCUT2D eigenvalue weighted by molar-refractivity contribution is 5.74. The van der Waals surface area contributed by atoms with Crippen LogP contribution in [0.25, 0.3) is 0 Å². The molecular formula is C10H12N2O3. The molecule has 2 N–H and O–H groups in total. The summed E-state index contributed by atoms with van der Waals surface area (Å²) in [5.74, 6) is -1.15. The van der Waals surface area contributed by atoms with Crippen LogP contribution < -0.4 is 5.56 Å². The Bertz CT molecular complexity index is 448. The normalized spacial score (nSPS) is 17.4. The van der Waals surface area contributed by atoms with E-state index < -0.39 is 11.9 Å². The van der Waals surface area contributed by atoms with Gasteiger partial charge in [-0.2, -0.15) is 0 Å². The van der Waals surface area contributed by atoms with Crippen molar-refractivity contribution in [2.24, 2.45) is 0 Å².